The second-order valence-electron chi connectivity index (χ2n) is 8.50. The fourth-order valence-electron chi connectivity index (χ4n) is 3.99. The molecule has 1 saturated heterocycles. The van der Waals surface area contributed by atoms with Gasteiger partial charge in [-0.3, -0.25) is 14.4 Å². The fraction of sp³-hybridized carbons (Fsp3) is 0.500. The third kappa shape index (κ3) is 4.43. The third-order valence-electron chi connectivity index (χ3n) is 5.97. The topological polar surface area (TPSA) is 125 Å². The summed E-state index contributed by atoms with van der Waals surface area (Å²) in [7, 11) is 0. The number of ether oxygens (including phenoxy) is 4. The van der Waals surface area contributed by atoms with Gasteiger partial charge in [0.15, 0.2) is 6.10 Å². The van der Waals surface area contributed by atoms with Crippen molar-refractivity contribution < 1.29 is 43.2 Å². The normalized spacial score (nSPS) is 34.4. The van der Waals surface area contributed by atoms with E-state index in [1.807, 2.05) is 6.92 Å². The Morgan fingerprint density at radius 3 is 2.55 bits per heavy atom. The lowest BCUT2D eigenvalue weighted by Gasteiger charge is -2.49. The molecule has 0 radical (unpaired) electrons. The molecule has 0 amide bonds. The Morgan fingerprint density at radius 1 is 1.21 bits per heavy atom. The molecule has 3 rings (SSSR count). The average Bonchev–Trinajstić information content (AvgIpc) is 2.75. The second kappa shape index (κ2) is 9.07. The van der Waals surface area contributed by atoms with Crippen LogP contribution in [0.25, 0.3) is 0 Å². The molecule has 0 bridgehead atoms. The smallest absolute Gasteiger partial charge is 0.331 e. The summed E-state index contributed by atoms with van der Waals surface area (Å²) in [5, 5.41) is 10.8. The number of hydrogen-bond acceptors (Lipinski definition) is 9. The number of carbonyl (C=O) groups is 4. The van der Waals surface area contributed by atoms with E-state index in [-0.39, 0.29) is 23.7 Å². The van der Waals surface area contributed by atoms with Crippen LogP contribution in [0.1, 0.15) is 47.5 Å². The molecule has 0 saturated carbocycles. The highest BCUT2D eigenvalue weighted by Crippen LogP contribution is 2.45. The molecular formula is C24H28O9. The lowest BCUT2D eigenvalue weighted by atomic mass is 9.75. The van der Waals surface area contributed by atoms with E-state index in [4.69, 9.17) is 18.9 Å². The number of hydrogen-bond donors (Lipinski definition) is 1. The minimum absolute atomic E-state index is 0.0125. The Labute approximate surface area is 191 Å². The van der Waals surface area contributed by atoms with E-state index >= 15 is 0 Å². The average molecular weight is 460 g/mol. The summed E-state index contributed by atoms with van der Waals surface area (Å²) in [4.78, 5) is 50.2. The SMILES string of the molecule is C/C=C(C)/C=C/C(=O)O[C@@H]1C2=CC(=O)[C@](C)(OC(C)=O)C(=O)C2=CO[C@@]12O[C@@H](C)CC[C@H]2O. The van der Waals surface area contributed by atoms with Crippen molar-refractivity contribution in [2.75, 3.05) is 0 Å². The Kier molecular flexibility index (Phi) is 6.76. The van der Waals surface area contributed by atoms with Gasteiger partial charge in [-0.2, -0.15) is 0 Å². The van der Waals surface area contributed by atoms with Gasteiger partial charge in [-0.1, -0.05) is 17.7 Å². The van der Waals surface area contributed by atoms with E-state index in [9.17, 15) is 24.3 Å². The molecule has 1 fully saturated rings. The number of allylic oxidation sites excluding steroid dienone is 3. The van der Waals surface area contributed by atoms with Crippen LogP contribution in [0.5, 0.6) is 0 Å². The molecule has 1 aliphatic carbocycles. The zero-order valence-electron chi connectivity index (χ0n) is 19.2. The van der Waals surface area contributed by atoms with E-state index in [0.717, 1.165) is 24.8 Å². The van der Waals surface area contributed by atoms with Gasteiger partial charge >= 0.3 is 11.9 Å². The minimum Gasteiger partial charge on any atom is -0.462 e. The number of aliphatic hydroxyl groups is 1. The highest BCUT2D eigenvalue weighted by atomic mass is 16.7. The van der Waals surface area contributed by atoms with Gasteiger partial charge in [0.2, 0.25) is 17.2 Å². The number of aliphatic hydroxyl groups excluding tert-OH is 1. The van der Waals surface area contributed by atoms with E-state index in [2.05, 4.69) is 0 Å². The van der Waals surface area contributed by atoms with Crippen LogP contribution in [0.15, 0.2) is 47.3 Å². The number of carbonyl (C=O) groups excluding carboxylic acids is 4. The third-order valence-corrected chi connectivity index (χ3v) is 5.97. The van der Waals surface area contributed by atoms with Crippen LogP contribution >= 0.6 is 0 Å². The standard InChI is InChI=1S/C24H28O9/c1-6-13(2)7-10-20(28)31-22-16-11-19(27)23(5,33-15(4)25)21(29)17(16)12-30-24(22)18(26)9-8-14(3)32-24/h6-7,10-12,14,18,22,26H,8-9H2,1-5H3/b10-7+,13-6+/t14-,18+,22+,23-,24-/m0/s1. The molecule has 2 aliphatic heterocycles. The Balaban J connectivity index is 2.08. The molecule has 0 unspecified atom stereocenters. The van der Waals surface area contributed by atoms with Crippen molar-refractivity contribution in [1.29, 1.82) is 0 Å². The second-order valence-corrected chi connectivity index (χ2v) is 8.50. The molecule has 3 aliphatic rings. The highest BCUT2D eigenvalue weighted by Gasteiger charge is 2.61. The van der Waals surface area contributed by atoms with Crippen molar-refractivity contribution in [1.82, 2.24) is 0 Å². The van der Waals surface area contributed by atoms with Crippen molar-refractivity contribution in [3.05, 3.63) is 47.3 Å². The van der Waals surface area contributed by atoms with Gasteiger partial charge in [0.05, 0.1) is 17.9 Å². The van der Waals surface area contributed by atoms with Crippen molar-refractivity contribution in [2.45, 2.75) is 77.2 Å². The molecule has 9 heteroatoms. The maximum absolute atomic E-state index is 13.2. The zero-order valence-corrected chi connectivity index (χ0v) is 19.2. The number of rotatable bonds is 4. The molecule has 9 nitrogen and oxygen atoms in total. The van der Waals surface area contributed by atoms with Crippen molar-refractivity contribution >= 4 is 23.5 Å². The Bertz CT molecular complexity index is 1000. The molecular weight excluding hydrogens is 432 g/mol. The van der Waals surface area contributed by atoms with E-state index in [1.54, 1.807) is 26.0 Å². The van der Waals surface area contributed by atoms with Crippen LogP contribution in [0.3, 0.4) is 0 Å². The Morgan fingerprint density at radius 2 is 1.91 bits per heavy atom. The van der Waals surface area contributed by atoms with Gasteiger partial charge < -0.3 is 24.1 Å². The van der Waals surface area contributed by atoms with Gasteiger partial charge in [-0.05, 0) is 46.6 Å². The maximum atomic E-state index is 13.2. The van der Waals surface area contributed by atoms with Crippen LogP contribution in [0.2, 0.25) is 0 Å². The van der Waals surface area contributed by atoms with Crippen molar-refractivity contribution in [3.63, 3.8) is 0 Å². The van der Waals surface area contributed by atoms with E-state index in [1.165, 1.54) is 13.0 Å². The van der Waals surface area contributed by atoms with Gasteiger partial charge in [0.25, 0.3) is 5.79 Å². The highest BCUT2D eigenvalue weighted by molar-refractivity contribution is 6.26. The fourth-order valence-corrected chi connectivity index (χ4v) is 3.99. The molecule has 2 heterocycles. The number of fused-ring (bicyclic) bond motifs is 1. The maximum Gasteiger partial charge on any atom is 0.331 e. The predicted octanol–water partition coefficient (Wildman–Crippen LogP) is 1.99. The summed E-state index contributed by atoms with van der Waals surface area (Å²) in [6, 6.07) is 0. The summed E-state index contributed by atoms with van der Waals surface area (Å²) in [6.07, 6.45) is 4.50. The minimum atomic E-state index is -2.08. The number of ketones is 2. The zero-order chi connectivity index (χ0) is 24.6. The summed E-state index contributed by atoms with van der Waals surface area (Å²) >= 11 is 0. The lowest BCUT2D eigenvalue weighted by Crippen LogP contribution is -2.64. The molecule has 178 valence electrons. The summed E-state index contributed by atoms with van der Waals surface area (Å²) in [5.41, 5.74) is -1.36. The molecule has 0 aromatic carbocycles. The number of Topliss-reactive ketones (excluding diaryl/α,β-unsaturated/α-hetero) is 1. The molecule has 33 heavy (non-hydrogen) atoms. The van der Waals surface area contributed by atoms with E-state index < -0.39 is 47.1 Å². The van der Waals surface area contributed by atoms with Crippen LogP contribution in [-0.4, -0.2) is 58.3 Å². The Hall–Kier alpha value is -3.04. The van der Waals surface area contributed by atoms with E-state index in [0.29, 0.717) is 6.42 Å². The summed E-state index contributed by atoms with van der Waals surface area (Å²) < 4.78 is 22.4. The van der Waals surface area contributed by atoms with Gasteiger partial charge in [-0.25, -0.2) is 4.79 Å². The van der Waals surface area contributed by atoms with Crippen molar-refractivity contribution in [2.24, 2.45) is 0 Å². The molecule has 1 N–H and O–H groups in total. The largest absolute Gasteiger partial charge is 0.462 e. The first-order chi connectivity index (χ1) is 15.4. The molecule has 0 aromatic rings. The van der Waals surface area contributed by atoms with Crippen LogP contribution in [0.4, 0.5) is 0 Å². The van der Waals surface area contributed by atoms with Crippen molar-refractivity contribution in [3.8, 4) is 0 Å². The van der Waals surface area contributed by atoms with Gasteiger partial charge in [-0.15, -0.1) is 0 Å². The first kappa shape index (κ1) is 24.6. The monoisotopic (exact) mass is 460 g/mol. The first-order valence-corrected chi connectivity index (χ1v) is 10.7. The van der Waals surface area contributed by atoms with Gasteiger partial charge in [0, 0.05) is 18.6 Å². The first-order valence-electron chi connectivity index (χ1n) is 10.7. The molecule has 5 atom stereocenters. The van der Waals surface area contributed by atoms with Crippen LogP contribution < -0.4 is 0 Å². The lowest BCUT2D eigenvalue weighted by molar-refractivity contribution is -0.332. The van der Waals surface area contributed by atoms with Crippen LogP contribution in [0, 0.1) is 0 Å². The molecule has 1 spiro atoms. The number of esters is 2. The summed E-state index contributed by atoms with van der Waals surface area (Å²) in [6.45, 7) is 7.65. The quantitative estimate of drug-likeness (QED) is 0.290. The molecule has 0 aromatic heterocycles. The predicted molar refractivity (Wildman–Crippen MR) is 114 cm³/mol. The van der Waals surface area contributed by atoms with Gasteiger partial charge in [0.1, 0.15) is 6.10 Å². The summed E-state index contributed by atoms with van der Waals surface area (Å²) in [5.74, 6) is -5.06. The van der Waals surface area contributed by atoms with Crippen LogP contribution in [-0.2, 0) is 38.1 Å².